The molecule has 0 aliphatic heterocycles. The largest absolute Gasteiger partial charge is 0.323 e. The van der Waals surface area contributed by atoms with Gasteiger partial charge in [0.25, 0.3) is 0 Å². The van der Waals surface area contributed by atoms with Crippen LogP contribution in [0.25, 0.3) is 11.0 Å². The second-order valence-corrected chi connectivity index (χ2v) is 3.06. The molecule has 1 aromatic carbocycles. The minimum absolute atomic E-state index is 0.144. The second kappa shape index (κ2) is 6.88. The molecule has 3 heteroatoms. The van der Waals surface area contributed by atoms with Gasteiger partial charge in [-0.3, -0.25) is 0 Å². The fraction of sp³-hybridized carbons (Fsp3) is 0.462. The van der Waals surface area contributed by atoms with Crippen molar-refractivity contribution in [3.8, 4) is 0 Å². The molecule has 2 N–H and O–H groups in total. The van der Waals surface area contributed by atoms with Crippen molar-refractivity contribution in [3.05, 3.63) is 33.7 Å². The van der Waals surface area contributed by atoms with Crippen LogP contribution >= 0.6 is 0 Å². The van der Waals surface area contributed by atoms with Crippen molar-refractivity contribution in [2.45, 2.75) is 41.5 Å². The van der Waals surface area contributed by atoms with Crippen molar-refractivity contribution in [2.75, 3.05) is 0 Å². The number of benzene rings is 1. The lowest BCUT2D eigenvalue weighted by Gasteiger charge is -1.97. The molecule has 2 aromatic rings. The van der Waals surface area contributed by atoms with Crippen molar-refractivity contribution in [2.24, 2.45) is 0 Å². The highest BCUT2D eigenvalue weighted by Crippen LogP contribution is 2.13. The van der Waals surface area contributed by atoms with E-state index in [1.165, 1.54) is 11.1 Å². The van der Waals surface area contributed by atoms with Crippen molar-refractivity contribution in [1.82, 2.24) is 9.97 Å². The van der Waals surface area contributed by atoms with E-state index in [1.807, 2.05) is 53.7 Å². The number of hydrogen-bond acceptors (Lipinski definition) is 1. The number of aromatic nitrogens is 2. The number of H-pyrrole nitrogens is 2. The van der Waals surface area contributed by atoms with Gasteiger partial charge in [-0.2, -0.15) is 0 Å². The quantitative estimate of drug-likeness (QED) is 0.704. The molecular weight excluding hydrogens is 200 g/mol. The van der Waals surface area contributed by atoms with Crippen molar-refractivity contribution in [3.63, 3.8) is 0 Å². The van der Waals surface area contributed by atoms with E-state index in [4.69, 9.17) is 0 Å². The van der Waals surface area contributed by atoms with E-state index >= 15 is 0 Å². The van der Waals surface area contributed by atoms with Gasteiger partial charge in [0.05, 0.1) is 11.0 Å². The Hall–Kier alpha value is -1.51. The molecule has 0 aliphatic rings. The molecule has 1 aromatic heterocycles. The Morgan fingerprint density at radius 2 is 1.12 bits per heavy atom. The van der Waals surface area contributed by atoms with Gasteiger partial charge in [-0.05, 0) is 37.1 Å². The van der Waals surface area contributed by atoms with Crippen LogP contribution in [0, 0.1) is 13.8 Å². The predicted molar refractivity (Wildman–Crippen MR) is 71.1 cm³/mol. The molecule has 1 heterocycles. The van der Waals surface area contributed by atoms with Crippen LogP contribution in [0.3, 0.4) is 0 Å². The zero-order chi connectivity index (χ0) is 12.7. The Balaban J connectivity index is 0.000000509. The van der Waals surface area contributed by atoms with Crippen LogP contribution in [0.2, 0.25) is 0 Å². The molecule has 0 bridgehead atoms. The van der Waals surface area contributed by atoms with E-state index in [1.54, 1.807) is 0 Å². The maximum atomic E-state index is 10.9. The summed E-state index contributed by atoms with van der Waals surface area (Å²) >= 11 is 0. The molecule has 2 rings (SSSR count). The van der Waals surface area contributed by atoms with Gasteiger partial charge in [-0.15, -0.1) is 0 Å². The van der Waals surface area contributed by atoms with Crippen LogP contribution in [0.4, 0.5) is 0 Å². The number of nitrogens with one attached hydrogen (secondary N) is 2. The highest BCUT2D eigenvalue weighted by molar-refractivity contribution is 5.76. The second-order valence-electron chi connectivity index (χ2n) is 3.06. The molecule has 16 heavy (non-hydrogen) atoms. The third-order valence-corrected chi connectivity index (χ3v) is 2.13. The summed E-state index contributed by atoms with van der Waals surface area (Å²) < 4.78 is 0. The predicted octanol–water partition coefficient (Wildman–Crippen LogP) is 3.53. The van der Waals surface area contributed by atoms with Crippen molar-refractivity contribution < 1.29 is 0 Å². The summed E-state index contributed by atoms with van der Waals surface area (Å²) in [7, 11) is 0. The summed E-state index contributed by atoms with van der Waals surface area (Å²) in [4.78, 5) is 16.3. The molecule has 0 aliphatic carbocycles. The molecule has 0 spiro atoms. The van der Waals surface area contributed by atoms with Crippen LogP contribution in [0.1, 0.15) is 38.8 Å². The highest BCUT2D eigenvalue weighted by atomic mass is 16.1. The summed E-state index contributed by atoms with van der Waals surface area (Å²) in [5.41, 5.74) is 4.00. The third kappa shape index (κ3) is 3.26. The molecule has 0 saturated carbocycles. The fourth-order valence-corrected chi connectivity index (χ4v) is 1.30. The van der Waals surface area contributed by atoms with Crippen molar-refractivity contribution in [1.29, 1.82) is 0 Å². The first-order valence-corrected chi connectivity index (χ1v) is 5.86. The third-order valence-electron chi connectivity index (χ3n) is 2.13. The summed E-state index contributed by atoms with van der Waals surface area (Å²) in [6.45, 7) is 12.1. The van der Waals surface area contributed by atoms with Gasteiger partial charge in [0, 0.05) is 0 Å². The van der Waals surface area contributed by atoms with E-state index < -0.39 is 0 Å². The summed E-state index contributed by atoms with van der Waals surface area (Å²) in [5.74, 6) is 0. The number of fused-ring (bicyclic) bond motifs is 1. The molecular formula is C13H22N2O. The topological polar surface area (TPSA) is 48.6 Å². The Morgan fingerprint density at radius 3 is 1.44 bits per heavy atom. The number of aromatic amines is 2. The molecule has 0 atom stereocenters. The number of hydrogen-bond donors (Lipinski definition) is 2. The number of rotatable bonds is 0. The van der Waals surface area contributed by atoms with Crippen molar-refractivity contribution >= 4 is 11.0 Å². The SMILES string of the molecule is CC.CC.Cc1cc2[nH]c(=O)[nH]c2cc1C. The Labute approximate surface area is 96.9 Å². The molecule has 0 saturated heterocycles. The van der Waals surface area contributed by atoms with Crippen LogP contribution in [-0.4, -0.2) is 9.97 Å². The maximum Gasteiger partial charge on any atom is 0.323 e. The lowest BCUT2D eigenvalue weighted by molar-refractivity contribution is 1.21. The Kier molecular flexibility index (Phi) is 6.23. The lowest BCUT2D eigenvalue weighted by atomic mass is 10.1. The zero-order valence-electron chi connectivity index (χ0n) is 11.1. The molecule has 3 nitrogen and oxygen atoms in total. The molecule has 90 valence electrons. The van der Waals surface area contributed by atoms with E-state index in [0.717, 1.165) is 11.0 Å². The summed E-state index contributed by atoms with van der Waals surface area (Å²) in [6.07, 6.45) is 0. The zero-order valence-corrected chi connectivity index (χ0v) is 11.1. The number of imidazole rings is 1. The smallest absolute Gasteiger partial charge is 0.306 e. The van der Waals surface area contributed by atoms with Crippen LogP contribution < -0.4 is 5.69 Å². The van der Waals surface area contributed by atoms with Crippen LogP contribution in [-0.2, 0) is 0 Å². The lowest BCUT2D eigenvalue weighted by Crippen LogP contribution is -1.99. The highest BCUT2D eigenvalue weighted by Gasteiger charge is 1.99. The van der Waals surface area contributed by atoms with Gasteiger partial charge >= 0.3 is 5.69 Å². The van der Waals surface area contributed by atoms with Gasteiger partial charge in [0.2, 0.25) is 0 Å². The minimum Gasteiger partial charge on any atom is -0.306 e. The minimum atomic E-state index is -0.144. The van der Waals surface area contributed by atoms with Crippen LogP contribution in [0.5, 0.6) is 0 Å². The first-order valence-electron chi connectivity index (χ1n) is 5.86. The fourth-order valence-electron chi connectivity index (χ4n) is 1.30. The summed E-state index contributed by atoms with van der Waals surface area (Å²) in [6, 6.07) is 3.95. The molecule has 0 radical (unpaired) electrons. The number of aryl methyl sites for hydroxylation is 2. The van der Waals surface area contributed by atoms with E-state index in [2.05, 4.69) is 9.97 Å². The first-order chi connectivity index (χ1) is 7.66. The monoisotopic (exact) mass is 222 g/mol. The summed E-state index contributed by atoms with van der Waals surface area (Å²) in [5, 5.41) is 0. The van der Waals surface area contributed by atoms with Gasteiger partial charge in [-0.1, -0.05) is 27.7 Å². The van der Waals surface area contributed by atoms with Gasteiger partial charge in [0.15, 0.2) is 0 Å². The Morgan fingerprint density at radius 1 is 0.812 bits per heavy atom. The van der Waals surface area contributed by atoms with E-state index in [-0.39, 0.29) is 5.69 Å². The molecule has 0 unspecified atom stereocenters. The first kappa shape index (κ1) is 14.5. The Bertz CT molecular complexity index is 438. The van der Waals surface area contributed by atoms with E-state index in [0.29, 0.717) is 0 Å². The molecule has 0 fully saturated rings. The average molecular weight is 222 g/mol. The molecule has 0 amide bonds. The average Bonchev–Trinajstić information content (AvgIpc) is 2.64. The standard InChI is InChI=1S/C9H10N2O.2C2H6/c1-5-3-7-8(4-6(5)2)11-9(12)10-7;2*1-2/h3-4H,1-2H3,(H2,10,11,12);2*1-2H3. The van der Waals surface area contributed by atoms with Gasteiger partial charge in [0.1, 0.15) is 0 Å². The maximum absolute atomic E-state index is 10.9. The van der Waals surface area contributed by atoms with E-state index in [9.17, 15) is 4.79 Å². The normalized spacial score (nSPS) is 8.88. The van der Waals surface area contributed by atoms with Crippen LogP contribution in [0.15, 0.2) is 16.9 Å². The van der Waals surface area contributed by atoms with Gasteiger partial charge in [-0.25, -0.2) is 4.79 Å². The van der Waals surface area contributed by atoms with Gasteiger partial charge < -0.3 is 9.97 Å².